The molecule has 0 radical (unpaired) electrons. The number of aromatic nitrogens is 2. The maximum Gasteiger partial charge on any atom is 0.222 e. The average Bonchev–Trinajstić information content (AvgIpc) is 3.02. The number of nitrogens with zero attached hydrogens (tertiary/aromatic N) is 4. The standard InChI is InChI=1S/C26H38N4O/c1-5-7-8-10-25(31)29-15-9-16-30(18-17-29)26-23(24(6-2)27-21(4)28-26)19-22-13-11-20(3)12-14-22/h11-14H,5-10,15-19H2,1-4H3. The fourth-order valence-electron chi connectivity index (χ4n) is 4.35. The Bertz CT molecular complexity index is 862. The van der Waals surface area contributed by atoms with Gasteiger partial charge in [0.25, 0.3) is 0 Å². The van der Waals surface area contributed by atoms with Gasteiger partial charge < -0.3 is 9.80 Å². The lowest BCUT2D eigenvalue weighted by atomic mass is 10.0. The second-order valence-electron chi connectivity index (χ2n) is 8.71. The zero-order chi connectivity index (χ0) is 22.2. The van der Waals surface area contributed by atoms with Crippen LogP contribution >= 0.6 is 0 Å². The highest BCUT2D eigenvalue weighted by molar-refractivity contribution is 5.76. The Morgan fingerprint density at radius 2 is 1.74 bits per heavy atom. The Balaban J connectivity index is 1.80. The minimum absolute atomic E-state index is 0.309. The first kappa shape index (κ1) is 23.2. The Hall–Kier alpha value is -2.43. The molecule has 0 atom stereocenters. The number of aryl methyl sites for hydroxylation is 3. The van der Waals surface area contributed by atoms with E-state index in [0.717, 1.165) is 82.0 Å². The molecule has 31 heavy (non-hydrogen) atoms. The number of benzene rings is 1. The van der Waals surface area contributed by atoms with Crippen molar-refractivity contribution in [2.75, 3.05) is 31.1 Å². The largest absolute Gasteiger partial charge is 0.354 e. The van der Waals surface area contributed by atoms with Gasteiger partial charge in [0.15, 0.2) is 0 Å². The molecule has 2 heterocycles. The van der Waals surface area contributed by atoms with Crippen molar-refractivity contribution >= 4 is 11.7 Å². The Morgan fingerprint density at radius 1 is 0.968 bits per heavy atom. The van der Waals surface area contributed by atoms with E-state index in [1.807, 2.05) is 6.92 Å². The third-order valence-electron chi connectivity index (χ3n) is 6.16. The number of rotatable bonds is 8. The number of carbonyl (C=O) groups excluding carboxylic acids is 1. The van der Waals surface area contributed by atoms with E-state index in [9.17, 15) is 4.79 Å². The first-order chi connectivity index (χ1) is 15.0. The van der Waals surface area contributed by atoms with Crippen molar-refractivity contribution in [3.8, 4) is 0 Å². The molecular formula is C26H38N4O. The second kappa shape index (κ2) is 11.3. The maximum atomic E-state index is 12.6. The Kier molecular flexibility index (Phi) is 8.44. The number of amides is 1. The molecule has 5 heteroatoms. The predicted octanol–water partition coefficient (Wildman–Crippen LogP) is 4.87. The van der Waals surface area contributed by atoms with Crippen LogP contribution in [0.5, 0.6) is 0 Å². The summed E-state index contributed by atoms with van der Waals surface area (Å²) in [6, 6.07) is 8.75. The van der Waals surface area contributed by atoms with Crippen LogP contribution in [0.4, 0.5) is 5.82 Å². The molecule has 1 aliphatic heterocycles. The summed E-state index contributed by atoms with van der Waals surface area (Å²) in [6.45, 7) is 11.8. The van der Waals surface area contributed by atoms with Crippen molar-refractivity contribution in [1.82, 2.24) is 14.9 Å². The minimum Gasteiger partial charge on any atom is -0.354 e. The third-order valence-corrected chi connectivity index (χ3v) is 6.16. The highest BCUT2D eigenvalue weighted by Gasteiger charge is 2.23. The number of hydrogen-bond acceptors (Lipinski definition) is 4. The highest BCUT2D eigenvalue weighted by Crippen LogP contribution is 2.26. The van der Waals surface area contributed by atoms with Gasteiger partial charge in [-0.25, -0.2) is 9.97 Å². The number of anilines is 1. The van der Waals surface area contributed by atoms with Gasteiger partial charge in [-0.05, 0) is 38.7 Å². The van der Waals surface area contributed by atoms with Gasteiger partial charge in [0.1, 0.15) is 11.6 Å². The summed E-state index contributed by atoms with van der Waals surface area (Å²) in [5.74, 6) is 2.20. The van der Waals surface area contributed by atoms with E-state index in [2.05, 4.69) is 54.8 Å². The molecule has 1 aliphatic rings. The van der Waals surface area contributed by atoms with Crippen LogP contribution in [0.2, 0.25) is 0 Å². The normalized spacial score (nSPS) is 14.6. The number of unbranched alkanes of at least 4 members (excludes halogenated alkanes) is 2. The molecule has 1 aromatic heterocycles. The molecule has 1 amide bonds. The first-order valence-corrected chi connectivity index (χ1v) is 12.0. The van der Waals surface area contributed by atoms with Crippen LogP contribution in [-0.2, 0) is 17.6 Å². The molecule has 1 aromatic carbocycles. The molecule has 0 spiro atoms. The van der Waals surface area contributed by atoms with E-state index in [0.29, 0.717) is 12.3 Å². The molecule has 168 valence electrons. The van der Waals surface area contributed by atoms with Crippen LogP contribution in [0.3, 0.4) is 0 Å². The molecule has 2 aromatic rings. The van der Waals surface area contributed by atoms with Gasteiger partial charge in [0, 0.05) is 50.3 Å². The van der Waals surface area contributed by atoms with E-state index < -0.39 is 0 Å². The van der Waals surface area contributed by atoms with Crippen molar-refractivity contribution in [3.63, 3.8) is 0 Å². The molecule has 1 saturated heterocycles. The van der Waals surface area contributed by atoms with Gasteiger partial charge in [-0.15, -0.1) is 0 Å². The van der Waals surface area contributed by atoms with Gasteiger partial charge in [-0.1, -0.05) is 56.5 Å². The van der Waals surface area contributed by atoms with E-state index in [4.69, 9.17) is 9.97 Å². The Morgan fingerprint density at radius 3 is 2.45 bits per heavy atom. The zero-order valence-electron chi connectivity index (χ0n) is 19.8. The molecule has 3 rings (SSSR count). The average molecular weight is 423 g/mol. The fourth-order valence-corrected chi connectivity index (χ4v) is 4.35. The van der Waals surface area contributed by atoms with Crippen LogP contribution in [0.15, 0.2) is 24.3 Å². The third kappa shape index (κ3) is 6.28. The van der Waals surface area contributed by atoms with Crippen LogP contribution in [0, 0.1) is 13.8 Å². The first-order valence-electron chi connectivity index (χ1n) is 12.0. The summed E-state index contributed by atoms with van der Waals surface area (Å²) in [4.78, 5) is 26.8. The van der Waals surface area contributed by atoms with Gasteiger partial charge in [0.2, 0.25) is 5.91 Å². The van der Waals surface area contributed by atoms with E-state index in [1.54, 1.807) is 0 Å². The molecular weight excluding hydrogens is 384 g/mol. The van der Waals surface area contributed by atoms with Crippen molar-refractivity contribution in [1.29, 1.82) is 0 Å². The second-order valence-corrected chi connectivity index (χ2v) is 8.71. The van der Waals surface area contributed by atoms with Gasteiger partial charge in [-0.2, -0.15) is 0 Å². The summed E-state index contributed by atoms with van der Waals surface area (Å²) in [7, 11) is 0. The molecule has 0 saturated carbocycles. The van der Waals surface area contributed by atoms with Crippen LogP contribution in [-0.4, -0.2) is 47.0 Å². The predicted molar refractivity (Wildman–Crippen MR) is 128 cm³/mol. The summed E-state index contributed by atoms with van der Waals surface area (Å²) < 4.78 is 0. The molecule has 1 fully saturated rings. The van der Waals surface area contributed by atoms with E-state index in [1.165, 1.54) is 16.7 Å². The summed E-state index contributed by atoms with van der Waals surface area (Å²) in [6.07, 6.45) is 6.68. The lowest BCUT2D eigenvalue weighted by Gasteiger charge is -2.26. The fraction of sp³-hybridized carbons (Fsp3) is 0.577. The SMILES string of the molecule is CCCCCC(=O)N1CCCN(c2nc(C)nc(CC)c2Cc2ccc(C)cc2)CC1. The highest BCUT2D eigenvalue weighted by atomic mass is 16.2. The summed E-state index contributed by atoms with van der Waals surface area (Å²) in [5, 5.41) is 0. The van der Waals surface area contributed by atoms with Crippen LogP contribution in [0.25, 0.3) is 0 Å². The van der Waals surface area contributed by atoms with Crippen molar-refractivity contribution in [2.45, 2.75) is 72.6 Å². The van der Waals surface area contributed by atoms with Crippen molar-refractivity contribution in [3.05, 3.63) is 52.5 Å². The van der Waals surface area contributed by atoms with Crippen LogP contribution in [0.1, 0.15) is 74.2 Å². The minimum atomic E-state index is 0.309. The van der Waals surface area contributed by atoms with Gasteiger partial charge in [-0.3, -0.25) is 4.79 Å². The molecule has 0 bridgehead atoms. The molecule has 0 unspecified atom stereocenters. The van der Waals surface area contributed by atoms with E-state index >= 15 is 0 Å². The van der Waals surface area contributed by atoms with Crippen molar-refractivity contribution in [2.24, 2.45) is 0 Å². The zero-order valence-corrected chi connectivity index (χ0v) is 19.8. The van der Waals surface area contributed by atoms with Crippen LogP contribution < -0.4 is 4.90 Å². The maximum absolute atomic E-state index is 12.6. The smallest absolute Gasteiger partial charge is 0.222 e. The van der Waals surface area contributed by atoms with Gasteiger partial charge in [0.05, 0.1) is 0 Å². The van der Waals surface area contributed by atoms with E-state index in [-0.39, 0.29) is 0 Å². The molecule has 0 aliphatic carbocycles. The lowest BCUT2D eigenvalue weighted by Crippen LogP contribution is -2.35. The quantitative estimate of drug-likeness (QED) is 0.570. The summed E-state index contributed by atoms with van der Waals surface area (Å²) >= 11 is 0. The number of carbonyl (C=O) groups is 1. The number of hydrogen-bond donors (Lipinski definition) is 0. The lowest BCUT2D eigenvalue weighted by molar-refractivity contribution is -0.131. The van der Waals surface area contributed by atoms with Crippen molar-refractivity contribution < 1.29 is 4.79 Å². The molecule has 5 nitrogen and oxygen atoms in total. The monoisotopic (exact) mass is 422 g/mol. The summed E-state index contributed by atoms with van der Waals surface area (Å²) in [5.41, 5.74) is 4.94. The topological polar surface area (TPSA) is 49.3 Å². The molecule has 0 N–H and O–H groups in total. The Labute approximate surface area is 187 Å². The van der Waals surface area contributed by atoms with Gasteiger partial charge >= 0.3 is 0 Å².